The van der Waals surface area contributed by atoms with Crippen LogP contribution >= 0.6 is 0 Å². The largest absolute Gasteiger partial charge is 0.467 e. The summed E-state index contributed by atoms with van der Waals surface area (Å²) in [4.78, 5) is 11.0. The Morgan fingerprint density at radius 3 is 2.50 bits per heavy atom. The van der Waals surface area contributed by atoms with Crippen molar-refractivity contribution in [2.75, 3.05) is 7.11 Å². The Morgan fingerprint density at radius 2 is 2.00 bits per heavy atom. The second-order valence-corrected chi connectivity index (χ2v) is 2.99. The molecule has 0 heterocycles. The molecule has 0 aliphatic carbocycles. The average Bonchev–Trinajstić information content (AvgIpc) is 2.27. The fourth-order valence-corrected chi connectivity index (χ4v) is 1.17. The van der Waals surface area contributed by atoms with Crippen molar-refractivity contribution in [3.8, 4) is 0 Å². The van der Waals surface area contributed by atoms with Crippen LogP contribution in [-0.2, 0) is 9.53 Å². The molecule has 0 saturated carbocycles. The average molecular weight is 196 g/mol. The lowest BCUT2D eigenvalue weighted by molar-refractivity contribution is -0.441. The molecule has 4 N–H and O–H groups in total. The van der Waals surface area contributed by atoms with Gasteiger partial charge < -0.3 is 15.6 Å². The molecule has 14 heavy (non-hydrogen) atoms. The minimum Gasteiger partial charge on any atom is -0.467 e. The van der Waals surface area contributed by atoms with Gasteiger partial charge in [-0.25, -0.2) is 4.79 Å². The minimum atomic E-state index is -1.21. The van der Waals surface area contributed by atoms with Crippen LogP contribution in [0.5, 0.6) is 0 Å². The molecule has 1 aromatic rings. The van der Waals surface area contributed by atoms with Gasteiger partial charge >= 0.3 is 5.97 Å². The molecule has 0 fully saturated rings. The Bertz CT molecular complexity index is 299. The highest BCUT2D eigenvalue weighted by atomic mass is 16.5. The molecular weight excluding hydrogens is 182 g/mol. The van der Waals surface area contributed by atoms with Crippen molar-refractivity contribution in [2.45, 2.75) is 12.1 Å². The predicted molar refractivity (Wildman–Crippen MR) is 50.1 cm³/mol. The van der Waals surface area contributed by atoms with Crippen molar-refractivity contribution < 1.29 is 20.4 Å². The number of rotatable bonds is 3. The highest BCUT2D eigenvalue weighted by molar-refractivity contribution is 5.75. The van der Waals surface area contributed by atoms with E-state index in [0.29, 0.717) is 0 Å². The van der Waals surface area contributed by atoms with Crippen LogP contribution in [0.1, 0.15) is 11.6 Å². The number of hydrogen-bond donors (Lipinski definition) is 2. The number of carbonyl (C=O) groups is 1. The van der Waals surface area contributed by atoms with Crippen LogP contribution in [-0.4, -0.2) is 24.3 Å². The van der Waals surface area contributed by atoms with E-state index >= 15 is 0 Å². The van der Waals surface area contributed by atoms with Gasteiger partial charge in [-0.05, 0) is 0 Å². The first kappa shape index (κ1) is 10.7. The molecule has 0 spiro atoms. The zero-order valence-corrected chi connectivity index (χ0v) is 8.01. The van der Waals surface area contributed by atoms with Crippen LogP contribution < -0.4 is 5.73 Å². The molecule has 0 aliphatic heterocycles. The Labute approximate surface area is 82.3 Å². The van der Waals surface area contributed by atoms with Gasteiger partial charge in [-0.3, -0.25) is 0 Å². The smallest absolute Gasteiger partial charge is 0.341 e. The molecule has 0 saturated heterocycles. The number of hydrogen-bond acceptors (Lipinski definition) is 3. The lowest BCUT2D eigenvalue weighted by Gasteiger charge is -2.13. The summed E-state index contributed by atoms with van der Waals surface area (Å²) in [6, 6.07) is 8.65. The van der Waals surface area contributed by atoms with Crippen molar-refractivity contribution in [2.24, 2.45) is 0 Å². The predicted octanol–water partition coefficient (Wildman–Crippen LogP) is -0.496. The van der Waals surface area contributed by atoms with Crippen molar-refractivity contribution >= 4 is 5.97 Å². The molecule has 4 nitrogen and oxygen atoms in total. The fourth-order valence-electron chi connectivity index (χ4n) is 1.17. The summed E-state index contributed by atoms with van der Waals surface area (Å²) >= 11 is 0. The summed E-state index contributed by atoms with van der Waals surface area (Å²) in [6.07, 6.45) is -1.21. The molecule has 76 valence electrons. The molecule has 0 bridgehead atoms. The first-order valence-corrected chi connectivity index (χ1v) is 4.30. The monoisotopic (exact) mass is 196 g/mol. The first-order chi connectivity index (χ1) is 6.66. The number of aliphatic hydroxyl groups excluding tert-OH is 1. The second kappa shape index (κ2) is 4.74. The van der Waals surface area contributed by atoms with E-state index in [1.807, 2.05) is 30.3 Å². The number of quaternary nitrogens is 1. The standard InChI is InChI=1S/C10H13NO3/c1-14-10(13)9(12)8(11)7-5-3-2-4-6-7/h2-6,8-9,12H,11H2,1H3/p+1/t8-,9+/m0/s1. The Hall–Kier alpha value is -1.39. The van der Waals surface area contributed by atoms with Crippen molar-refractivity contribution in [3.05, 3.63) is 35.9 Å². The molecule has 0 unspecified atom stereocenters. The summed E-state index contributed by atoms with van der Waals surface area (Å²) in [5.41, 5.74) is 4.54. The second-order valence-electron chi connectivity index (χ2n) is 2.99. The molecule has 4 heteroatoms. The maximum Gasteiger partial charge on any atom is 0.341 e. The molecule has 1 aromatic carbocycles. The number of esters is 1. The van der Waals surface area contributed by atoms with E-state index in [1.165, 1.54) is 7.11 Å². The van der Waals surface area contributed by atoms with E-state index in [2.05, 4.69) is 10.5 Å². The van der Waals surface area contributed by atoms with Gasteiger partial charge in [0.2, 0.25) is 6.10 Å². The third kappa shape index (κ3) is 2.31. The van der Waals surface area contributed by atoms with Gasteiger partial charge in [0.1, 0.15) is 6.04 Å². The molecule has 0 aromatic heterocycles. The minimum absolute atomic E-state index is 0.497. The summed E-state index contributed by atoms with van der Waals surface area (Å²) in [5, 5.41) is 9.50. The van der Waals surface area contributed by atoms with Crippen molar-refractivity contribution in [1.29, 1.82) is 0 Å². The number of aliphatic hydroxyl groups is 1. The van der Waals surface area contributed by atoms with Gasteiger partial charge in [0.25, 0.3) is 0 Å². The molecule has 2 atom stereocenters. The Balaban J connectivity index is 2.75. The van der Waals surface area contributed by atoms with Gasteiger partial charge in [0, 0.05) is 5.56 Å². The number of carbonyl (C=O) groups excluding carboxylic acids is 1. The SMILES string of the molecule is COC(=O)[C@H](O)[C@@H]([NH3+])c1ccccc1. The maximum atomic E-state index is 11.0. The van der Waals surface area contributed by atoms with Crippen LogP contribution in [0.15, 0.2) is 30.3 Å². The summed E-state index contributed by atoms with van der Waals surface area (Å²) in [5.74, 6) is -0.658. The fraction of sp³-hybridized carbons (Fsp3) is 0.300. The normalized spacial score (nSPS) is 14.5. The van der Waals surface area contributed by atoms with E-state index in [4.69, 9.17) is 0 Å². The number of ether oxygens (including phenoxy) is 1. The highest BCUT2D eigenvalue weighted by Crippen LogP contribution is 2.12. The Morgan fingerprint density at radius 1 is 1.43 bits per heavy atom. The lowest BCUT2D eigenvalue weighted by Crippen LogP contribution is -2.60. The molecule has 1 rings (SSSR count). The molecule has 0 aliphatic rings. The Kier molecular flexibility index (Phi) is 3.62. The third-order valence-corrected chi connectivity index (χ3v) is 2.05. The zero-order valence-electron chi connectivity index (χ0n) is 8.01. The van der Waals surface area contributed by atoms with Gasteiger partial charge in [0.15, 0.2) is 0 Å². The third-order valence-electron chi connectivity index (χ3n) is 2.05. The molecular formula is C10H14NO3+. The quantitative estimate of drug-likeness (QED) is 0.640. The van der Waals surface area contributed by atoms with E-state index in [1.54, 1.807) is 0 Å². The van der Waals surface area contributed by atoms with E-state index in [-0.39, 0.29) is 0 Å². The van der Waals surface area contributed by atoms with Crippen molar-refractivity contribution in [1.82, 2.24) is 0 Å². The molecule has 0 radical (unpaired) electrons. The van der Waals surface area contributed by atoms with E-state index < -0.39 is 18.1 Å². The lowest BCUT2D eigenvalue weighted by atomic mass is 10.0. The van der Waals surface area contributed by atoms with Crippen LogP contribution in [0.3, 0.4) is 0 Å². The zero-order chi connectivity index (χ0) is 10.6. The van der Waals surface area contributed by atoms with E-state index in [0.717, 1.165) is 5.56 Å². The summed E-state index contributed by atoms with van der Waals surface area (Å²) in [7, 11) is 1.24. The highest BCUT2D eigenvalue weighted by Gasteiger charge is 2.27. The van der Waals surface area contributed by atoms with Gasteiger partial charge in [0.05, 0.1) is 7.11 Å². The van der Waals surface area contributed by atoms with Crippen LogP contribution in [0, 0.1) is 0 Å². The van der Waals surface area contributed by atoms with Gasteiger partial charge in [-0.1, -0.05) is 30.3 Å². The van der Waals surface area contributed by atoms with Gasteiger partial charge in [-0.2, -0.15) is 0 Å². The van der Waals surface area contributed by atoms with Gasteiger partial charge in [-0.15, -0.1) is 0 Å². The summed E-state index contributed by atoms with van der Waals surface area (Å²) in [6.45, 7) is 0. The summed E-state index contributed by atoms with van der Waals surface area (Å²) < 4.78 is 4.43. The van der Waals surface area contributed by atoms with Crippen LogP contribution in [0.4, 0.5) is 0 Å². The van der Waals surface area contributed by atoms with Crippen LogP contribution in [0.2, 0.25) is 0 Å². The molecule has 0 amide bonds. The maximum absolute atomic E-state index is 11.0. The number of methoxy groups -OCH3 is 1. The first-order valence-electron chi connectivity index (χ1n) is 4.30. The topological polar surface area (TPSA) is 74.2 Å². The van der Waals surface area contributed by atoms with E-state index in [9.17, 15) is 9.90 Å². The van der Waals surface area contributed by atoms with Crippen molar-refractivity contribution in [3.63, 3.8) is 0 Å². The van der Waals surface area contributed by atoms with Crippen LogP contribution in [0.25, 0.3) is 0 Å². The number of benzene rings is 1.